The van der Waals surface area contributed by atoms with Gasteiger partial charge in [-0.2, -0.15) is 13.5 Å². The smallest absolute Gasteiger partial charge is 0.339 e. The van der Waals surface area contributed by atoms with Crippen molar-refractivity contribution in [1.29, 1.82) is 0 Å². The fourth-order valence-corrected chi connectivity index (χ4v) is 3.49. The first-order valence-electron chi connectivity index (χ1n) is 8.95. The molecule has 0 bridgehead atoms. The summed E-state index contributed by atoms with van der Waals surface area (Å²) in [5.41, 5.74) is 1.57. The highest BCUT2D eigenvalue weighted by atomic mass is 32.2. The van der Waals surface area contributed by atoms with Crippen molar-refractivity contribution >= 4 is 27.9 Å². The molecule has 2 aromatic carbocycles. The predicted molar refractivity (Wildman–Crippen MR) is 113 cm³/mol. The summed E-state index contributed by atoms with van der Waals surface area (Å²) in [7, 11) is -0.850. The van der Waals surface area contributed by atoms with Crippen LogP contribution in [-0.4, -0.2) is 31.2 Å². The van der Waals surface area contributed by atoms with E-state index in [-0.39, 0.29) is 22.3 Å². The summed E-state index contributed by atoms with van der Waals surface area (Å²) in [6.07, 6.45) is 4.62. The minimum atomic E-state index is -4.00. The second kappa shape index (κ2) is 8.83. The Morgan fingerprint density at radius 2 is 1.83 bits per heavy atom. The number of benzene rings is 2. The molecule has 0 spiro atoms. The molecule has 8 nitrogen and oxygen atoms in total. The van der Waals surface area contributed by atoms with E-state index >= 15 is 0 Å². The molecule has 0 fully saturated rings. The Balaban J connectivity index is 1.74. The zero-order valence-corrected chi connectivity index (χ0v) is 17.5. The number of hydrogen-bond acceptors (Lipinski definition) is 6. The van der Waals surface area contributed by atoms with Crippen LogP contribution in [-0.2, 0) is 22.0 Å². The number of aromatic nitrogens is 2. The van der Waals surface area contributed by atoms with Crippen LogP contribution >= 0.6 is 0 Å². The maximum Gasteiger partial charge on any atom is 0.339 e. The lowest BCUT2D eigenvalue weighted by Crippen LogP contribution is -2.10. The van der Waals surface area contributed by atoms with Crippen molar-refractivity contribution in [1.82, 2.24) is 9.78 Å². The molecule has 1 amide bonds. The molecule has 0 atom stereocenters. The summed E-state index contributed by atoms with van der Waals surface area (Å²) in [4.78, 5) is 12.0. The summed E-state index contributed by atoms with van der Waals surface area (Å²) in [6, 6.07) is 12.7. The molecule has 1 N–H and O–H groups in total. The fraction of sp³-hybridized carbons (Fsp3) is 0.143. The largest absolute Gasteiger partial charge is 0.493 e. The van der Waals surface area contributed by atoms with Crippen LogP contribution in [0.3, 0.4) is 0 Å². The van der Waals surface area contributed by atoms with Crippen LogP contribution in [0.1, 0.15) is 11.1 Å². The minimum absolute atomic E-state index is 0.0466. The second-order valence-electron chi connectivity index (χ2n) is 6.46. The molecule has 3 rings (SSSR count). The molecule has 0 radical (unpaired) electrons. The molecule has 0 aliphatic carbocycles. The van der Waals surface area contributed by atoms with Gasteiger partial charge in [-0.1, -0.05) is 23.8 Å². The molecule has 30 heavy (non-hydrogen) atoms. The van der Waals surface area contributed by atoms with Crippen molar-refractivity contribution in [2.75, 3.05) is 12.4 Å². The lowest BCUT2D eigenvalue weighted by Gasteiger charge is -2.11. The van der Waals surface area contributed by atoms with Crippen LogP contribution in [0, 0.1) is 6.92 Å². The van der Waals surface area contributed by atoms with Gasteiger partial charge in [-0.3, -0.25) is 9.48 Å². The van der Waals surface area contributed by atoms with E-state index in [2.05, 4.69) is 10.4 Å². The van der Waals surface area contributed by atoms with Gasteiger partial charge in [-0.05, 0) is 42.8 Å². The molecule has 0 aliphatic heterocycles. The number of carbonyl (C=O) groups is 1. The Morgan fingerprint density at radius 3 is 2.47 bits per heavy atom. The average Bonchev–Trinajstić information content (AvgIpc) is 3.11. The number of aryl methyl sites for hydroxylation is 2. The zero-order valence-electron chi connectivity index (χ0n) is 16.7. The van der Waals surface area contributed by atoms with Crippen LogP contribution in [0.4, 0.5) is 5.82 Å². The van der Waals surface area contributed by atoms with Crippen LogP contribution in [0.15, 0.2) is 65.7 Å². The standard InChI is InChI=1S/C21H21N3O5S/c1-15-4-8-17(9-5-15)30(26,27)29-18-10-6-16(14-19(18)28-3)7-11-21(25)22-20-12-13-24(2)23-20/h4-14H,1-3H3,(H,22,23,25)/b11-7+. The first-order valence-corrected chi connectivity index (χ1v) is 10.4. The molecule has 1 aromatic heterocycles. The summed E-state index contributed by atoms with van der Waals surface area (Å²) in [5.74, 6) is 0.357. The van der Waals surface area contributed by atoms with E-state index in [1.54, 1.807) is 54.3 Å². The van der Waals surface area contributed by atoms with Gasteiger partial charge in [-0.25, -0.2) is 0 Å². The Labute approximate surface area is 174 Å². The first kappa shape index (κ1) is 21.1. The molecule has 0 saturated heterocycles. The third-order valence-electron chi connectivity index (χ3n) is 4.09. The first-order chi connectivity index (χ1) is 14.3. The summed E-state index contributed by atoms with van der Waals surface area (Å²) in [5, 5.41) is 6.70. The number of amides is 1. The Morgan fingerprint density at radius 1 is 1.10 bits per heavy atom. The number of nitrogens with one attached hydrogen (secondary N) is 1. The van der Waals surface area contributed by atoms with E-state index in [0.717, 1.165) is 5.56 Å². The van der Waals surface area contributed by atoms with E-state index in [0.29, 0.717) is 11.4 Å². The Bertz CT molecular complexity index is 1180. The molecular weight excluding hydrogens is 406 g/mol. The van der Waals surface area contributed by atoms with Gasteiger partial charge in [0.05, 0.1) is 7.11 Å². The zero-order chi connectivity index (χ0) is 21.7. The topological polar surface area (TPSA) is 99.5 Å². The van der Waals surface area contributed by atoms with Gasteiger partial charge in [0.15, 0.2) is 17.3 Å². The van der Waals surface area contributed by atoms with Gasteiger partial charge < -0.3 is 14.2 Å². The number of nitrogens with zero attached hydrogens (tertiary/aromatic N) is 2. The van der Waals surface area contributed by atoms with E-state index in [4.69, 9.17) is 8.92 Å². The maximum absolute atomic E-state index is 12.5. The Hall–Kier alpha value is -3.59. The molecular formula is C21H21N3O5S. The number of ether oxygens (including phenoxy) is 1. The molecule has 0 saturated carbocycles. The molecule has 0 aliphatic rings. The van der Waals surface area contributed by atoms with Gasteiger partial charge in [-0.15, -0.1) is 0 Å². The summed E-state index contributed by atoms with van der Waals surface area (Å²) >= 11 is 0. The van der Waals surface area contributed by atoms with E-state index < -0.39 is 10.1 Å². The monoisotopic (exact) mass is 427 g/mol. The SMILES string of the molecule is COc1cc(/C=C/C(=O)Nc2ccn(C)n2)ccc1OS(=O)(=O)c1ccc(C)cc1. The highest BCUT2D eigenvalue weighted by molar-refractivity contribution is 7.87. The van der Waals surface area contributed by atoms with Gasteiger partial charge in [0, 0.05) is 25.4 Å². The average molecular weight is 427 g/mol. The van der Waals surface area contributed by atoms with Crippen molar-refractivity contribution in [3.8, 4) is 11.5 Å². The molecule has 9 heteroatoms. The van der Waals surface area contributed by atoms with E-state index in [1.807, 2.05) is 6.92 Å². The Kier molecular flexibility index (Phi) is 6.22. The van der Waals surface area contributed by atoms with E-state index in [9.17, 15) is 13.2 Å². The van der Waals surface area contributed by atoms with Crippen LogP contribution in [0.25, 0.3) is 6.08 Å². The lowest BCUT2D eigenvalue weighted by molar-refractivity contribution is -0.111. The van der Waals surface area contributed by atoms with Gasteiger partial charge in [0.25, 0.3) is 0 Å². The van der Waals surface area contributed by atoms with Crippen molar-refractivity contribution in [2.24, 2.45) is 7.05 Å². The van der Waals surface area contributed by atoms with Crippen molar-refractivity contribution in [3.63, 3.8) is 0 Å². The number of rotatable bonds is 7. The van der Waals surface area contributed by atoms with Gasteiger partial charge in [0.1, 0.15) is 4.90 Å². The third-order valence-corrected chi connectivity index (χ3v) is 5.34. The molecule has 0 unspecified atom stereocenters. The molecule has 1 heterocycles. The van der Waals surface area contributed by atoms with Crippen LogP contribution in [0.2, 0.25) is 0 Å². The quantitative estimate of drug-likeness (QED) is 0.459. The number of anilines is 1. The van der Waals surface area contributed by atoms with E-state index in [1.165, 1.54) is 31.4 Å². The number of methoxy groups -OCH3 is 1. The van der Waals surface area contributed by atoms with Gasteiger partial charge >= 0.3 is 10.1 Å². The summed E-state index contributed by atoms with van der Waals surface area (Å²) < 4.78 is 37.1. The number of hydrogen-bond donors (Lipinski definition) is 1. The van der Waals surface area contributed by atoms with Crippen molar-refractivity contribution < 1.29 is 22.1 Å². The minimum Gasteiger partial charge on any atom is -0.493 e. The fourth-order valence-electron chi connectivity index (χ4n) is 2.55. The van der Waals surface area contributed by atoms with Gasteiger partial charge in [0.2, 0.25) is 5.91 Å². The van der Waals surface area contributed by atoms with Crippen LogP contribution < -0.4 is 14.2 Å². The third kappa shape index (κ3) is 5.26. The lowest BCUT2D eigenvalue weighted by atomic mass is 10.2. The molecule has 3 aromatic rings. The van der Waals surface area contributed by atoms with Crippen LogP contribution in [0.5, 0.6) is 11.5 Å². The maximum atomic E-state index is 12.5. The highest BCUT2D eigenvalue weighted by Gasteiger charge is 2.19. The summed E-state index contributed by atoms with van der Waals surface area (Å²) in [6.45, 7) is 1.86. The van der Waals surface area contributed by atoms with Crippen molar-refractivity contribution in [3.05, 3.63) is 71.9 Å². The normalized spacial score (nSPS) is 11.4. The highest BCUT2D eigenvalue weighted by Crippen LogP contribution is 2.31. The molecule has 156 valence electrons. The number of carbonyl (C=O) groups excluding carboxylic acids is 1. The second-order valence-corrected chi connectivity index (χ2v) is 8.00. The van der Waals surface area contributed by atoms with Crippen molar-refractivity contribution in [2.45, 2.75) is 11.8 Å². The predicted octanol–water partition coefficient (Wildman–Crippen LogP) is 3.16.